The molecule has 0 unspecified atom stereocenters. The van der Waals surface area contributed by atoms with E-state index in [4.69, 9.17) is 5.26 Å². The van der Waals surface area contributed by atoms with Crippen molar-refractivity contribution < 1.29 is 27.8 Å². The number of likely N-dealkylation sites (N-methyl/N-ethyl adjacent to an activating group) is 1. The highest BCUT2D eigenvalue weighted by Crippen LogP contribution is 2.36. The van der Waals surface area contributed by atoms with Gasteiger partial charge in [-0.3, -0.25) is 14.9 Å². The number of nitriles is 1. The molecule has 1 amide bonds. The minimum atomic E-state index is -4.66. The molecule has 1 saturated heterocycles. The van der Waals surface area contributed by atoms with Crippen LogP contribution in [0.3, 0.4) is 0 Å². The van der Waals surface area contributed by atoms with Gasteiger partial charge in [-0.2, -0.15) is 18.4 Å². The van der Waals surface area contributed by atoms with Gasteiger partial charge in [-0.25, -0.2) is 0 Å². The molecule has 0 saturated carbocycles. The molecule has 1 N–H and O–H groups in total. The van der Waals surface area contributed by atoms with Gasteiger partial charge in [-0.15, -0.1) is 0 Å². The molecule has 1 fully saturated rings. The summed E-state index contributed by atoms with van der Waals surface area (Å²) in [4.78, 5) is 26.8. The highest BCUT2D eigenvalue weighted by Gasteiger charge is 2.35. The molecule has 0 bridgehead atoms. The maximum atomic E-state index is 12.9. The predicted molar refractivity (Wildman–Crippen MR) is 98.3 cm³/mol. The number of nitrogens with one attached hydrogen (secondary N) is 1. The molecule has 11 heteroatoms. The lowest BCUT2D eigenvalue weighted by Crippen LogP contribution is -3.16. The maximum absolute atomic E-state index is 12.9. The number of hydrogen-bond acceptors (Lipinski definition) is 5. The zero-order valence-corrected chi connectivity index (χ0v) is 16.4. The van der Waals surface area contributed by atoms with Crippen LogP contribution in [-0.2, 0) is 11.0 Å². The van der Waals surface area contributed by atoms with Crippen LogP contribution < -0.4 is 9.80 Å². The Kier molecular flexibility index (Phi) is 6.37. The van der Waals surface area contributed by atoms with E-state index in [0.717, 1.165) is 17.0 Å². The first-order chi connectivity index (χ1) is 13.4. The molecular formula is C18H23F3N5O3+. The average Bonchev–Trinajstić information content (AvgIpc) is 2.66. The summed E-state index contributed by atoms with van der Waals surface area (Å²) in [6, 6.07) is 4.58. The molecule has 158 valence electrons. The summed E-state index contributed by atoms with van der Waals surface area (Å²) in [6.07, 6.45) is -4.66. The van der Waals surface area contributed by atoms with E-state index in [0.29, 0.717) is 32.2 Å². The predicted octanol–water partition coefficient (Wildman–Crippen LogP) is 1.08. The van der Waals surface area contributed by atoms with Crippen molar-refractivity contribution >= 4 is 17.3 Å². The van der Waals surface area contributed by atoms with Gasteiger partial charge < -0.3 is 14.7 Å². The highest BCUT2D eigenvalue weighted by molar-refractivity contribution is 5.78. The van der Waals surface area contributed by atoms with Crippen LogP contribution in [0.5, 0.6) is 0 Å². The zero-order chi connectivity index (χ0) is 22.0. The van der Waals surface area contributed by atoms with Crippen molar-refractivity contribution in [2.75, 3.05) is 44.7 Å². The second-order valence-electron chi connectivity index (χ2n) is 7.50. The Morgan fingerprint density at radius 3 is 2.41 bits per heavy atom. The van der Waals surface area contributed by atoms with Crippen LogP contribution in [0.1, 0.15) is 19.4 Å². The normalized spacial score (nSPS) is 15.7. The quantitative estimate of drug-likeness (QED) is 0.575. The van der Waals surface area contributed by atoms with Gasteiger partial charge in [0.2, 0.25) is 0 Å². The number of piperazine rings is 1. The first-order valence-electron chi connectivity index (χ1n) is 8.99. The van der Waals surface area contributed by atoms with Crippen LogP contribution >= 0.6 is 0 Å². The Labute approximate surface area is 166 Å². The fraction of sp³-hybridized carbons (Fsp3) is 0.556. The Balaban J connectivity index is 2.07. The SMILES string of the molecule is CN(C(=O)C[NH+]1CCN(c2ccc(C(F)(F)F)cc2[N+](=O)[O-])CC1)C(C)(C)C#N. The van der Waals surface area contributed by atoms with Crippen molar-refractivity contribution in [3.8, 4) is 6.07 Å². The number of amides is 1. The van der Waals surface area contributed by atoms with Gasteiger partial charge in [0.15, 0.2) is 6.54 Å². The second-order valence-corrected chi connectivity index (χ2v) is 7.50. The highest BCUT2D eigenvalue weighted by atomic mass is 19.4. The van der Waals surface area contributed by atoms with Crippen LogP contribution in [-0.4, -0.2) is 61.0 Å². The molecule has 1 aliphatic heterocycles. The van der Waals surface area contributed by atoms with Gasteiger partial charge in [-0.1, -0.05) is 0 Å². The molecule has 29 heavy (non-hydrogen) atoms. The van der Waals surface area contributed by atoms with Crippen LogP contribution in [0.2, 0.25) is 0 Å². The third-order valence-electron chi connectivity index (χ3n) is 5.20. The Morgan fingerprint density at radius 1 is 1.34 bits per heavy atom. The number of hydrogen-bond donors (Lipinski definition) is 1. The Hall–Kier alpha value is -2.87. The monoisotopic (exact) mass is 414 g/mol. The van der Waals surface area contributed by atoms with Crippen molar-refractivity contribution in [3.63, 3.8) is 0 Å². The number of quaternary nitrogens is 1. The first kappa shape index (κ1) is 22.4. The van der Waals surface area contributed by atoms with Gasteiger partial charge >= 0.3 is 6.18 Å². The van der Waals surface area contributed by atoms with Gasteiger partial charge in [0.1, 0.15) is 11.2 Å². The van der Waals surface area contributed by atoms with Gasteiger partial charge in [-0.05, 0) is 26.0 Å². The summed E-state index contributed by atoms with van der Waals surface area (Å²) in [5.74, 6) is -0.194. The third kappa shape index (κ3) is 5.14. The summed E-state index contributed by atoms with van der Waals surface area (Å²) in [5.41, 5.74) is -2.45. The number of halogens is 3. The number of nitro groups is 1. The van der Waals surface area contributed by atoms with Crippen LogP contribution in [0.15, 0.2) is 18.2 Å². The maximum Gasteiger partial charge on any atom is 0.416 e. The molecule has 2 rings (SSSR count). The van der Waals surface area contributed by atoms with Crippen molar-refractivity contribution in [3.05, 3.63) is 33.9 Å². The summed E-state index contributed by atoms with van der Waals surface area (Å²) in [6.45, 7) is 5.16. The molecule has 0 spiro atoms. The van der Waals surface area contributed by atoms with Crippen LogP contribution in [0, 0.1) is 21.4 Å². The average molecular weight is 414 g/mol. The van der Waals surface area contributed by atoms with E-state index >= 15 is 0 Å². The summed E-state index contributed by atoms with van der Waals surface area (Å²) >= 11 is 0. The van der Waals surface area contributed by atoms with E-state index in [1.807, 2.05) is 0 Å². The van der Waals surface area contributed by atoms with E-state index in [2.05, 4.69) is 6.07 Å². The van der Waals surface area contributed by atoms with E-state index in [9.17, 15) is 28.1 Å². The summed E-state index contributed by atoms with van der Waals surface area (Å²) in [5, 5.41) is 20.4. The third-order valence-corrected chi connectivity index (χ3v) is 5.20. The zero-order valence-electron chi connectivity index (χ0n) is 16.4. The van der Waals surface area contributed by atoms with Gasteiger partial charge in [0.05, 0.1) is 42.7 Å². The van der Waals surface area contributed by atoms with Crippen LogP contribution in [0.4, 0.5) is 24.5 Å². The van der Waals surface area contributed by atoms with Crippen molar-refractivity contribution in [2.45, 2.75) is 25.6 Å². The van der Waals surface area contributed by atoms with E-state index in [1.54, 1.807) is 25.8 Å². The molecule has 0 atom stereocenters. The largest absolute Gasteiger partial charge is 0.416 e. The first-order valence-corrected chi connectivity index (χ1v) is 8.99. The summed E-state index contributed by atoms with van der Waals surface area (Å²) in [7, 11) is 1.56. The van der Waals surface area contributed by atoms with E-state index < -0.39 is 27.9 Å². The smallest absolute Gasteiger partial charge is 0.355 e. The molecule has 1 aliphatic rings. The molecule has 1 heterocycles. The molecular weight excluding hydrogens is 391 g/mol. The molecule has 0 radical (unpaired) electrons. The molecule has 0 aliphatic carbocycles. The number of rotatable bonds is 5. The number of anilines is 1. The van der Waals surface area contributed by atoms with Crippen LogP contribution in [0.25, 0.3) is 0 Å². The summed E-state index contributed by atoms with van der Waals surface area (Å²) < 4.78 is 38.6. The molecule has 0 aromatic heterocycles. The molecule has 1 aromatic rings. The number of nitrogens with zero attached hydrogens (tertiary/aromatic N) is 4. The van der Waals surface area contributed by atoms with Crippen molar-refractivity contribution in [1.29, 1.82) is 5.26 Å². The molecule has 8 nitrogen and oxygen atoms in total. The standard InChI is InChI=1S/C18H22F3N5O3/c1-17(2,12-22)23(3)16(27)11-24-6-8-25(9-7-24)14-5-4-13(18(19,20)21)10-15(14)26(28)29/h4-5,10H,6-9,11H2,1-3H3/p+1. The Bertz CT molecular complexity index is 827. The number of carbonyl (C=O) groups excluding carboxylic acids is 1. The fourth-order valence-corrected chi connectivity index (χ4v) is 3.07. The lowest BCUT2D eigenvalue weighted by atomic mass is 10.1. The number of nitro benzene ring substituents is 1. The van der Waals surface area contributed by atoms with E-state index in [-0.39, 0.29) is 18.1 Å². The second kappa shape index (κ2) is 8.24. The topological polar surface area (TPSA) is 94.9 Å². The Morgan fingerprint density at radius 2 is 1.93 bits per heavy atom. The minimum absolute atomic E-state index is 0.135. The van der Waals surface area contributed by atoms with E-state index in [1.165, 1.54) is 4.90 Å². The fourth-order valence-electron chi connectivity index (χ4n) is 3.07. The number of alkyl halides is 3. The van der Waals surface area contributed by atoms with Gasteiger partial charge in [0.25, 0.3) is 11.6 Å². The lowest BCUT2D eigenvalue weighted by molar-refractivity contribution is -0.892. The van der Waals surface area contributed by atoms with Crippen molar-refractivity contribution in [2.24, 2.45) is 0 Å². The molecule has 1 aromatic carbocycles. The number of benzene rings is 1. The minimum Gasteiger partial charge on any atom is -0.355 e. The van der Waals surface area contributed by atoms with Gasteiger partial charge in [0, 0.05) is 13.1 Å². The van der Waals surface area contributed by atoms with Crippen molar-refractivity contribution in [1.82, 2.24) is 4.90 Å². The lowest BCUT2D eigenvalue weighted by Gasteiger charge is -2.35. The number of carbonyl (C=O) groups is 1.